The number of rotatable bonds is 3. The quantitative estimate of drug-likeness (QED) is 0.802. The highest BCUT2D eigenvalue weighted by Gasteiger charge is 2.01. The Hall–Kier alpha value is -1.74. The van der Waals surface area contributed by atoms with Gasteiger partial charge in [-0.3, -0.25) is 0 Å². The maximum atomic E-state index is 5.79. The zero-order chi connectivity index (χ0) is 11.4. The molecule has 0 atom stereocenters. The van der Waals surface area contributed by atoms with Crippen molar-refractivity contribution in [3.05, 3.63) is 53.2 Å². The number of hydrogen-bond acceptors (Lipinski definition) is 3. The van der Waals surface area contributed by atoms with Gasteiger partial charge < -0.3 is 11.1 Å². The van der Waals surface area contributed by atoms with Crippen molar-refractivity contribution in [2.24, 2.45) is 0 Å². The molecule has 2 aromatic rings. The summed E-state index contributed by atoms with van der Waals surface area (Å²) in [7, 11) is 0. The highest BCUT2D eigenvalue weighted by atomic mass is 35.5. The van der Waals surface area contributed by atoms with Crippen molar-refractivity contribution in [3.8, 4) is 0 Å². The Balaban J connectivity index is 2.08. The third-order valence-electron chi connectivity index (χ3n) is 2.20. The molecule has 2 rings (SSSR count). The van der Waals surface area contributed by atoms with E-state index in [2.05, 4.69) is 10.3 Å². The van der Waals surface area contributed by atoms with E-state index >= 15 is 0 Å². The van der Waals surface area contributed by atoms with Crippen molar-refractivity contribution < 1.29 is 0 Å². The van der Waals surface area contributed by atoms with Gasteiger partial charge in [-0.1, -0.05) is 41.9 Å². The Morgan fingerprint density at radius 2 is 1.88 bits per heavy atom. The van der Waals surface area contributed by atoms with Crippen LogP contribution in [-0.4, -0.2) is 4.98 Å². The van der Waals surface area contributed by atoms with Crippen molar-refractivity contribution >= 4 is 23.1 Å². The lowest BCUT2D eigenvalue weighted by molar-refractivity contribution is 1.11. The van der Waals surface area contributed by atoms with E-state index in [-0.39, 0.29) is 0 Å². The first kappa shape index (κ1) is 10.8. The molecule has 0 unspecified atom stereocenters. The van der Waals surface area contributed by atoms with Crippen molar-refractivity contribution in [2.75, 3.05) is 11.1 Å². The molecule has 82 valence electrons. The lowest BCUT2D eigenvalue weighted by Crippen LogP contribution is -2.04. The lowest BCUT2D eigenvalue weighted by atomic mass is 10.2. The van der Waals surface area contributed by atoms with Crippen LogP contribution in [0.5, 0.6) is 0 Å². The smallest absolute Gasteiger partial charge is 0.151 e. The molecule has 0 amide bonds. The molecule has 0 saturated carbocycles. The van der Waals surface area contributed by atoms with Crippen LogP contribution in [0.1, 0.15) is 5.56 Å². The fourth-order valence-electron chi connectivity index (χ4n) is 1.37. The van der Waals surface area contributed by atoms with E-state index in [1.54, 1.807) is 12.1 Å². The monoisotopic (exact) mass is 233 g/mol. The molecule has 3 nitrogen and oxygen atoms in total. The molecule has 1 aromatic carbocycles. The Kier molecular flexibility index (Phi) is 3.27. The summed E-state index contributed by atoms with van der Waals surface area (Å²) in [5, 5.41) is 3.58. The number of aromatic nitrogens is 1. The first-order valence-corrected chi connectivity index (χ1v) is 5.33. The molecule has 16 heavy (non-hydrogen) atoms. The molecular formula is C12H12ClN3. The van der Waals surface area contributed by atoms with Crippen LogP contribution in [0.4, 0.5) is 11.5 Å². The maximum absolute atomic E-state index is 5.79. The first-order chi connectivity index (χ1) is 7.75. The van der Waals surface area contributed by atoms with Crippen LogP contribution < -0.4 is 11.1 Å². The molecule has 0 aliphatic heterocycles. The zero-order valence-electron chi connectivity index (χ0n) is 8.65. The van der Waals surface area contributed by atoms with Gasteiger partial charge in [0.1, 0.15) is 5.15 Å². The van der Waals surface area contributed by atoms with E-state index in [9.17, 15) is 0 Å². The molecule has 0 bridgehead atoms. The molecule has 0 fully saturated rings. The molecule has 1 aromatic heterocycles. The number of anilines is 2. The second-order valence-corrected chi connectivity index (χ2v) is 3.80. The number of halogens is 1. The third-order valence-corrected chi connectivity index (χ3v) is 2.41. The molecule has 0 spiro atoms. The van der Waals surface area contributed by atoms with Gasteiger partial charge in [0.05, 0.1) is 5.69 Å². The van der Waals surface area contributed by atoms with Gasteiger partial charge in [-0.15, -0.1) is 0 Å². The number of nitrogens with two attached hydrogens (primary N) is 1. The van der Waals surface area contributed by atoms with Gasteiger partial charge in [-0.05, 0) is 17.7 Å². The topological polar surface area (TPSA) is 50.9 Å². The van der Waals surface area contributed by atoms with Crippen molar-refractivity contribution in [3.63, 3.8) is 0 Å². The van der Waals surface area contributed by atoms with Crippen molar-refractivity contribution in [1.82, 2.24) is 4.98 Å². The minimum Gasteiger partial charge on any atom is -0.396 e. The summed E-state index contributed by atoms with van der Waals surface area (Å²) in [6.45, 7) is 0.679. The Morgan fingerprint density at radius 3 is 2.62 bits per heavy atom. The van der Waals surface area contributed by atoms with Crippen LogP contribution in [0.3, 0.4) is 0 Å². The molecule has 3 N–H and O–H groups in total. The van der Waals surface area contributed by atoms with E-state index in [1.807, 2.05) is 30.3 Å². The minimum atomic E-state index is 0.435. The van der Waals surface area contributed by atoms with Crippen LogP contribution in [0.2, 0.25) is 5.15 Å². The summed E-state index contributed by atoms with van der Waals surface area (Å²) in [6.07, 6.45) is 0. The highest BCUT2D eigenvalue weighted by molar-refractivity contribution is 6.29. The average Bonchev–Trinajstić information content (AvgIpc) is 2.32. The van der Waals surface area contributed by atoms with Crippen LogP contribution in [0.25, 0.3) is 0 Å². The number of benzene rings is 1. The first-order valence-electron chi connectivity index (χ1n) is 4.95. The highest BCUT2D eigenvalue weighted by Crippen LogP contribution is 2.18. The normalized spacial score (nSPS) is 10.1. The second kappa shape index (κ2) is 4.86. The summed E-state index contributed by atoms with van der Waals surface area (Å²) in [5.41, 5.74) is 7.54. The predicted octanol–water partition coefficient (Wildman–Crippen LogP) is 2.93. The fraction of sp³-hybridized carbons (Fsp3) is 0.0833. The van der Waals surface area contributed by atoms with Gasteiger partial charge >= 0.3 is 0 Å². The lowest BCUT2D eigenvalue weighted by Gasteiger charge is -2.08. The molecule has 0 aliphatic rings. The van der Waals surface area contributed by atoms with Gasteiger partial charge in [0.2, 0.25) is 0 Å². The van der Waals surface area contributed by atoms with Gasteiger partial charge in [0, 0.05) is 6.54 Å². The molecule has 4 heteroatoms. The van der Waals surface area contributed by atoms with E-state index in [4.69, 9.17) is 17.3 Å². The number of nitrogens with zero attached hydrogens (tertiary/aromatic N) is 1. The molecular weight excluding hydrogens is 222 g/mol. The zero-order valence-corrected chi connectivity index (χ0v) is 9.41. The molecule has 0 aliphatic carbocycles. The summed E-state index contributed by atoms with van der Waals surface area (Å²) >= 11 is 5.79. The maximum Gasteiger partial charge on any atom is 0.151 e. The van der Waals surface area contributed by atoms with Gasteiger partial charge in [-0.25, -0.2) is 4.98 Å². The van der Waals surface area contributed by atoms with E-state index in [0.717, 1.165) is 0 Å². The third kappa shape index (κ3) is 2.64. The average molecular weight is 234 g/mol. The molecule has 1 heterocycles. The standard InChI is InChI=1S/C12H12ClN3/c13-11-7-6-10(14)12(16-11)15-8-9-4-2-1-3-5-9/h1-7H,8,14H2,(H,15,16). The Bertz CT molecular complexity index is 471. The number of pyridine rings is 1. The van der Waals surface area contributed by atoms with Gasteiger partial charge in [0.25, 0.3) is 0 Å². The van der Waals surface area contributed by atoms with Crippen molar-refractivity contribution in [1.29, 1.82) is 0 Å². The number of hydrogen-bond donors (Lipinski definition) is 2. The predicted molar refractivity (Wildman–Crippen MR) is 67.4 cm³/mol. The van der Waals surface area contributed by atoms with E-state index in [0.29, 0.717) is 23.2 Å². The Morgan fingerprint density at radius 1 is 1.12 bits per heavy atom. The van der Waals surface area contributed by atoms with Crippen LogP contribution in [0, 0.1) is 0 Å². The van der Waals surface area contributed by atoms with Gasteiger partial charge in [-0.2, -0.15) is 0 Å². The van der Waals surface area contributed by atoms with E-state index < -0.39 is 0 Å². The minimum absolute atomic E-state index is 0.435. The van der Waals surface area contributed by atoms with E-state index in [1.165, 1.54) is 5.56 Å². The van der Waals surface area contributed by atoms with Crippen LogP contribution >= 0.6 is 11.6 Å². The summed E-state index contributed by atoms with van der Waals surface area (Å²) in [5.74, 6) is 0.622. The fourth-order valence-corrected chi connectivity index (χ4v) is 1.52. The molecule has 0 radical (unpaired) electrons. The van der Waals surface area contributed by atoms with Crippen molar-refractivity contribution in [2.45, 2.75) is 6.54 Å². The largest absolute Gasteiger partial charge is 0.396 e. The SMILES string of the molecule is Nc1ccc(Cl)nc1NCc1ccccc1. The summed E-state index contributed by atoms with van der Waals surface area (Å²) in [4.78, 5) is 4.12. The number of nitrogen functional groups attached to an aromatic ring is 1. The second-order valence-electron chi connectivity index (χ2n) is 3.41. The number of nitrogens with one attached hydrogen (secondary N) is 1. The van der Waals surface area contributed by atoms with Gasteiger partial charge in [0.15, 0.2) is 5.82 Å². The Labute approximate surface area is 99.3 Å². The summed E-state index contributed by atoms with van der Waals surface area (Å²) in [6, 6.07) is 13.4. The van der Waals surface area contributed by atoms with Crippen LogP contribution in [0.15, 0.2) is 42.5 Å². The van der Waals surface area contributed by atoms with Crippen LogP contribution in [-0.2, 0) is 6.54 Å². The summed E-state index contributed by atoms with van der Waals surface area (Å²) < 4.78 is 0. The molecule has 0 saturated heterocycles.